The molecule has 4 aromatic rings. The maximum Gasteiger partial charge on any atom is 0.260 e. The number of thiazole rings is 1. The number of fused-ring (bicyclic) bond motifs is 1. The summed E-state index contributed by atoms with van der Waals surface area (Å²) in [5.74, 6) is -0.150. The van der Waals surface area contributed by atoms with Crippen molar-refractivity contribution in [2.45, 2.75) is 19.9 Å². The van der Waals surface area contributed by atoms with E-state index < -0.39 is 0 Å². The Morgan fingerprint density at radius 3 is 2.55 bits per heavy atom. The molecular formula is C23H18N4OS. The van der Waals surface area contributed by atoms with E-state index in [1.165, 1.54) is 16.9 Å². The third-order valence-electron chi connectivity index (χ3n) is 4.70. The number of carbonyl (C=O) groups is 1. The molecule has 0 bridgehead atoms. The number of aryl methyl sites for hydroxylation is 1. The van der Waals surface area contributed by atoms with Crippen LogP contribution in [-0.4, -0.2) is 15.9 Å². The molecule has 2 heterocycles. The Morgan fingerprint density at radius 2 is 1.86 bits per heavy atom. The van der Waals surface area contributed by atoms with Crippen LogP contribution in [-0.2, 0) is 13.0 Å². The van der Waals surface area contributed by atoms with Crippen molar-refractivity contribution in [1.82, 2.24) is 9.97 Å². The zero-order valence-electron chi connectivity index (χ0n) is 15.9. The Balaban J connectivity index is 1.77. The Hall–Kier alpha value is -3.56. The van der Waals surface area contributed by atoms with Gasteiger partial charge in [0, 0.05) is 18.0 Å². The maximum absolute atomic E-state index is 13.4. The largest absolute Gasteiger partial charge is 0.279 e. The van der Waals surface area contributed by atoms with Gasteiger partial charge in [0.05, 0.1) is 28.4 Å². The Morgan fingerprint density at radius 1 is 1.10 bits per heavy atom. The molecular weight excluding hydrogens is 380 g/mol. The van der Waals surface area contributed by atoms with Crippen molar-refractivity contribution in [3.05, 3.63) is 89.2 Å². The van der Waals surface area contributed by atoms with Gasteiger partial charge in [-0.15, -0.1) is 0 Å². The van der Waals surface area contributed by atoms with Crippen LogP contribution in [0.15, 0.2) is 67.0 Å². The molecule has 1 amide bonds. The third-order valence-corrected chi connectivity index (χ3v) is 5.74. The summed E-state index contributed by atoms with van der Waals surface area (Å²) in [7, 11) is 0. The minimum atomic E-state index is -0.150. The molecule has 0 N–H and O–H groups in total. The molecule has 0 unspecified atom stereocenters. The highest BCUT2D eigenvalue weighted by atomic mass is 32.1. The van der Waals surface area contributed by atoms with Gasteiger partial charge in [-0.1, -0.05) is 30.4 Å². The monoisotopic (exact) mass is 398 g/mol. The lowest BCUT2D eigenvalue weighted by Crippen LogP contribution is -2.30. The van der Waals surface area contributed by atoms with Crippen LogP contribution < -0.4 is 4.90 Å². The summed E-state index contributed by atoms with van der Waals surface area (Å²) >= 11 is 1.51. The van der Waals surface area contributed by atoms with E-state index in [0.717, 1.165) is 22.2 Å². The first kappa shape index (κ1) is 18.8. The zero-order chi connectivity index (χ0) is 20.2. The molecule has 0 saturated heterocycles. The van der Waals surface area contributed by atoms with Gasteiger partial charge >= 0.3 is 0 Å². The molecule has 0 fully saturated rings. The molecule has 6 heteroatoms. The summed E-state index contributed by atoms with van der Waals surface area (Å²) in [6, 6.07) is 18.7. The summed E-state index contributed by atoms with van der Waals surface area (Å²) in [5.41, 5.74) is 4.13. The standard InChI is InChI=1S/C23H18N4OS/c1-2-18-4-3-5-20-21(18)26-23(29-20)27(15-17-10-12-25-13-11-17)22(28)19-8-6-16(14-24)7-9-19/h3-13H,2,15H2,1H3. The molecule has 0 aliphatic heterocycles. The van der Waals surface area contributed by atoms with Crippen LogP contribution in [0.4, 0.5) is 5.13 Å². The molecule has 0 radical (unpaired) electrons. The number of benzene rings is 2. The van der Waals surface area contributed by atoms with Crippen LogP contribution in [0.1, 0.15) is 34.0 Å². The van der Waals surface area contributed by atoms with Crippen molar-refractivity contribution in [2.75, 3.05) is 4.90 Å². The van der Waals surface area contributed by atoms with E-state index in [1.54, 1.807) is 41.6 Å². The number of pyridine rings is 1. The summed E-state index contributed by atoms with van der Waals surface area (Å²) < 4.78 is 1.06. The van der Waals surface area contributed by atoms with Gasteiger partial charge < -0.3 is 0 Å². The number of para-hydroxylation sites is 1. The van der Waals surface area contributed by atoms with E-state index in [1.807, 2.05) is 24.3 Å². The summed E-state index contributed by atoms with van der Waals surface area (Å²) in [5, 5.41) is 9.68. The smallest absolute Gasteiger partial charge is 0.260 e. The minimum Gasteiger partial charge on any atom is -0.279 e. The van der Waals surface area contributed by atoms with Gasteiger partial charge in [0.2, 0.25) is 0 Å². The maximum atomic E-state index is 13.4. The van der Waals surface area contributed by atoms with Crippen molar-refractivity contribution in [3.8, 4) is 6.07 Å². The molecule has 0 atom stereocenters. The quantitative estimate of drug-likeness (QED) is 0.476. The zero-order valence-corrected chi connectivity index (χ0v) is 16.7. The molecule has 0 aliphatic carbocycles. The lowest BCUT2D eigenvalue weighted by molar-refractivity contribution is 0.0985. The van der Waals surface area contributed by atoms with Crippen LogP contribution >= 0.6 is 11.3 Å². The first-order chi connectivity index (χ1) is 14.2. The van der Waals surface area contributed by atoms with Crippen LogP contribution in [0.25, 0.3) is 10.2 Å². The van der Waals surface area contributed by atoms with Gasteiger partial charge in [0.15, 0.2) is 5.13 Å². The highest BCUT2D eigenvalue weighted by Crippen LogP contribution is 2.32. The third kappa shape index (κ3) is 3.86. The molecule has 29 heavy (non-hydrogen) atoms. The Kier molecular flexibility index (Phi) is 5.32. The normalized spacial score (nSPS) is 10.6. The second-order valence-corrected chi connectivity index (χ2v) is 7.56. The molecule has 142 valence electrons. The first-order valence-electron chi connectivity index (χ1n) is 9.29. The minimum absolute atomic E-state index is 0.150. The van der Waals surface area contributed by atoms with Crippen molar-refractivity contribution in [3.63, 3.8) is 0 Å². The number of amides is 1. The SMILES string of the molecule is CCc1cccc2sc(N(Cc3ccncc3)C(=O)c3ccc(C#N)cc3)nc12. The second kappa shape index (κ2) is 8.21. The highest BCUT2D eigenvalue weighted by Gasteiger charge is 2.22. The van der Waals surface area contributed by atoms with Crippen LogP contribution in [0.3, 0.4) is 0 Å². The highest BCUT2D eigenvalue weighted by molar-refractivity contribution is 7.22. The second-order valence-electron chi connectivity index (χ2n) is 6.55. The fourth-order valence-electron chi connectivity index (χ4n) is 3.13. The summed E-state index contributed by atoms with van der Waals surface area (Å²) in [6.45, 7) is 2.49. The van der Waals surface area contributed by atoms with Crippen LogP contribution in [0.5, 0.6) is 0 Å². The number of nitriles is 1. The number of nitrogens with zero attached hydrogens (tertiary/aromatic N) is 4. The Labute approximate surface area is 172 Å². The van der Waals surface area contributed by atoms with E-state index in [0.29, 0.717) is 22.8 Å². The first-order valence-corrected chi connectivity index (χ1v) is 10.1. The Bertz CT molecular complexity index is 1190. The summed E-state index contributed by atoms with van der Waals surface area (Å²) in [4.78, 5) is 23.9. The molecule has 5 nitrogen and oxygen atoms in total. The fourth-order valence-corrected chi connectivity index (χ4v) is 4.15. The van der Waals surface area contributed by atoms with Gasteiger partial charge in [-0.25, -0.2) is 4.98 Å². The molecule has 2 aromatic carbocycles. The molecule has 2 aromatic heterocycles. The predicted octanol–water partition coefficient (Wildman–Crippen LogP) is 4.97. The van der Waals surface area contributed by atoms with Gasteiger partial charge in [0.1, 0.15) is 0 Å². The number of rotatable bonds is 5. The number of anilines is 1. The average molecular weight is 398 g/mol. The summed E-state index contributed by atoms with van der Waals surface area (Å²) in [6.07, 6.45) is 4.31. The van der Waals surface area contributed by atoms with Gasteiger partial charge in [-0.3, -0.25) is 14.7 Å². The van der Waals surface area contributed by atoms with Crippen LogP contribution in [0, 0.1) is 11.3 Å². The number of aromatic nitrogens is 2. The lowest BCUT2D eigenvalue weighted by atomic mass is 10.1. The van der Waals surface area contributed by atoms with Gasteiger partial charge in [-0.05, 0) is 60.0 Å². The van der Waals surface area contributed by atoms with Crippen LogP contribution in [0.2, 0.25) is 0 Å². The molecule has 0 spiro atoms. The number of hydrogen-bond donors (Lipinski definition) is 0. The van der Waals surface area contributed by atoms with Crippen molar-refractivity contribution in [2.24, 2.45) is 0 Å². The predicted molar refractivity (Wildman–Crippen MR) is 115 cm³/mol. The lowest BCUT2D eigenvalue weighted by Gasteiger charge is -2.20. The van der Waals surface area contributed by atoms with E-state index in [4.69, 9.17) is 10.2 Å². The van der Waals surface area contributed by atoms with E-state index in [-0.39, 0.29) is 5.91 Å². The van der Waals surface area contributed by atoms with E-state index in [9.17, 15) is 4.79 Å². The molecule has 4 rings (SSSR count). The topological polar surface area (TPSA) is 69.9 Å². The number of hydrogen-bond acceptors (Lipinski definition) is 5. The van der Waals surface area contributed by atoms with Crippen molar-refractivity contribution in [1.29, 1.82) is 5.26 Å². The average Bonchev–Trinajstić information content (AvgIpc) is 3.22. The van der Waals surface area contributed by atoms with Crippen molar-refractivity contribution < 1.29 is 4.79 Å². The van der Waals surface area contributed by atoms with Gasteiger partial charge in [-0.2, -0.15) is 5.26 Å². The van der Waals surface area contributed by atoms with E-state index in [2.05, 4.69) is 24.0 Å². The number of carbonyl (C=O) groups excluding carboxylic acids is 1. The van der Waals surface area contributed by atoms with Gasteiger partial charge in [0.25, 0.3) is 5.91 Å². The van der Waals surface area contributed by atoms with E-state index >= 15 is 0 Å². The fraction of sp³-hybridized carbons (Fsp3) is 0.130. The molecule has 0 aliphatic rings. The van der Waals surface area contributed by atoms with Crippen molar-refractivity contribution >= 4 is 32.6 Å². The molecule has 0 saturated carbocycles.